The second-order valence-electron chi connectivity index (χ2n) is 6.65. The maximum atomic E-state index is 12.1. The third kappa shape index (κ3) is 4.65. The van der Waals surface area contributed by atoms with Gasteiger partial charge in [-0.25, -0.2) is 4.79 Å². The van der Waals surface area contributed by atoms with E-state index in [9.17, 15) is 4.79 Å². The number of hydrogen-bond acceptors (Lipinski definition) is 4. The number of ether oxygens (including phenoxy) is 1. The molecule has 0 unspecified atom stereocenters. The van der Waals surface area contributed by atoms with Gasteiger partial charge in [0.1, 0.15) is 0 Å². The number of halogens is 1. The van der Waals surface area contributed by atoms with Crippen LogP contribution in [-0.4, -0.2) is 20.1 Å². The summed E-state index contributed by atoms with van der Waals surface area (Å²) in [6.45, 7) is 2.89. The number of hydrogen-bond donors (Lipinski definition) is 1. The highest BCUT2D eigenvalue weighted by atomic mass is 35.5. The Balaban J connectivity index is 1.87. The minimum absolute atomic E-state index is 0.398. The highest BCUT2D eigenvalue weighted by Crippen LogP contribution is 2.29. The van der Waals surface area contributed by atoms with E-state index in [1.54, 1.807) is 18.2 Å². The van der Waals surface area contributed by atoms with Crippen molar-refractivity contribution in [3.05, 3.63) is 88.4 Å². The van der Waals surface area contributed by atoms with Gasteiger partial charge in [0, 0.05) is 30.0 Å². The molecule has 3 aromatic rings. The first kappa shape index (κ1) is 19.8. The Bertz CT molecular complexity index is 974. The lowest BCUT2D eigenvalue weighted by Gasteiger charge is -2.23. The fraction of sp³-hybridized carbons (Fsp3) is 0.174. The number of esters is 1. The smallest absolute Gasteiger partial charge is 0.340 e. The van der Waals surface area contributed by atoms with Gasteiger partial charge in [-0.15, -0.1) is 0 Å². The fourth-order valence-corrected chi connectivity index (χ4v) is 3.27. The van der Waals surface area contributed by atoms with Gasteiger partial charge in [0.15, 0.2) is 0 Å². The Morgan fingerprint density at radius 3 is 2.54 bits per heavy atom. The van der Waals surface area contributed by atoms with E-state index in [1.807, 2.05) is 24.3 Å². The van der Waals surface area contributed by atoms with Crippen molar-refractivity contribution in [1.82, 2.24) is 0 Å². The number of benzene rings is 3. The first-order valence-electron chi connectivity index (χ1n) is 8.98. The fourth-order valence-electron chi connectivity index (χ4n) is 3.10. The number of aryl methyl sites for hydroxylation is 1. The normalized spacial score (nSPS) is 10.4. The van der Waals surface area contributed by atoms with Gasteiger partial charge in [-0.05, 0) is 48.4 Å². The highest BCUT2D eigenvalue weighted by molar-refractivity contribution is 6.31. The van der Waals surface area contributed by atoms with Crippen molar-refractivity contribution in [2.75, 3.05) is 24.4 Å². The third-order valence-corrected chi connectivity index (χ3v) is 4.78. The third-order valence-electron chi connectivity index (χ3n) is 4.55. The van der Waals surface area contributed by atoms with Gasteiger partial charge in [0.2, 0.25) is 0 Å². The summed E-state index contributed by atoms with van der Waals surface area (Å²) >= 11 is 6.04. The number of carbonyl (C=O) groups excluding carboxylic acids is 1. The predicted molar refractivity (Wildman–Crippen MR) is 116 cm³/mol. The van der Waals surface area contributed by atoms with Crippen molar-refractivity contribution >= 4 is 34.6 Å². The average Bonchev–Trinajstić information content (AvgIpc) is 2.70. The van der Waals surface area contributed by atoms with Crippen LogP contribution in [0.3, 0.4) is 0 Å². The van der Waals surface area contributed by atoms with E-state index in [4.69, 9.17) is 16.3 Å². The van der Waals surface area contributed by atoms with Gasteiger partial charge in [0.05, 0.1) is 18.4 Å². The zero-order chi connectivity index (χ0) is 20.1. The summed E-state index contributed by atoms with van der Waals surface area (Å²) in [4.78, 5) is 14.3. The van der Waals surface area contributed by atoms with E-state index in [0.29, 0.717) is 16.3 Å². The van der Waals surface area contributed by atoms with Crippen molar-refractivity contribution in [3.63, 3.8) is 0 Å². The zero-order valence-corrected chi connectivity index (χ0v) is 17.0. The van der Waals surface area contributed by atoms with Crippen LogP contribution in [0, 0.1) is 6.92 Å². The topological polar surface area (TPSA) is 41.6 Å². The number of carbonyl (C=O) groups is 1. The molecular weight excluding hydrogens is 372 g/mol. The Labute approximate surface area is 170 Å². The molecular formula is C23H23ClN2O2. The van der Waals surface area contributed by atoms with E-state index >= 15 is 0 Å². The van der Waals surface area contributed by atoms with Crippen LogP contribution in [0.15, 0.2) is 66.7 Å². The molecule has 144 valence electrons. The molecule has 0 bridgehead atoms. The molecule has 0 atom stereocenters. The number of nitrogens with zero attached hydrogens (tertiary/aromatic N) is 1. The Hall–Kier alpha value is -2.98. The predicted octanol–water partition coefficient (Wildman–Crippen LogP) is 5.82. The lowest BCUT2D eigenvalue weighted by Crippen LogP contribution is -2.17. The number of methoxy groups -OCH3 is 1. The average molecular weight is 395 g/mol. The van der Waals surface area contributed by atoms with Gasteiger partial charge in [-0.1, -0.05) is 48.0 Å². The van der Waals surface area contributed by atoms with E-state index < -0.39 is 5.97 Å². The van der Waals surface area contributed by atoms with Crippen LogP contribution in [0.2, 0.25) is 5.02 Å². The zero-order valence-electron chi connectivity index (χ0n) is 16.2. The number of rotatable bonds is 6. The molecule has 0 spiro atoms. The summed E-state index contributed by atoms with van der Waals surface area (Å²) in [6.07, 6.45) is 0. The SMILES string of the molecule is COC(=O)c1cc(Cl)ccc1Nc1ccc(C)c(N(C)Cc2ccccc2)c1. The molecule has 0 aromatic heterocycles. The van der Waals surface area contributed by atoms with Crippen LogP contribution in [0.5, 0.6) is 0 Å². The Morgan fingerprint density at radius 1 is 1.07 bits per heavy atom. The summed E-state index contributed by atoms with van der Waals surface area (Å²) < 4.78 is 4.87. The van der Waals surface area contributed by atoms with Crippen LogP contribution in [-0.2, 0) is 11.3 Å². The van der Waals surface area contributed by atoms with E-state index in [0.717, 1.165) is 17.9 Å². The van der Waals surface area contributed by atoms with Crippen LogP contribution in [0.25, 0.3) is 0 Å². The quantitative estimate of drug-likeness (QED) is 0.535. The molecule has 0 amide bonds. The molecule has 3 aromatic carbocycles. The molecule has 0 radical (unpaired) electrons. The van der Waals surface area contributed by atoms with Crippen LogP contribution in [0.1, 0.15) is 21.5 Å². The van der Waals surface area contributed by atoms with Gasteiger partial charge in [-0.2, -0.15) is 0 Å². The minimum atomic E-state index is -0.432. The number of anilines is 3. The molecule has 0 saturated heterocycles. The molecule has 28 heavy (non-hydrogen) atoms. The maximum Gasteiger partial charge on any atom is 0.340 e. The molecule has 5 heteroatoms. The lowest BCUT2D eigenvalue weighted by atomic mass is 10.1. The van der Waals surface area contributed by atoms with E-state index in [2.05, 4.69) is 48.5 Å². The van der Waals surface area contributed by atoms with Crippen molar-refractivity contribution in [1.29, 1.82) is 0 Å². The highest BCUT2D eigenvalue weighted by Gasteiger charge is 2.14. The largest absolute Gasteiger partial charge is 0.465 e. The van der Waals surface area contributed by atoms with Crippen LogP contribution < -0.4 is 10.2 Å². The summed E-state index contributed by atoms with van der Waals surface area (Å²) in [5.74, 6) is -0.432. The molecule has 3 rings (SSSR count). The molecule has 0 saturated carbocycles. The molecule has 0 aliphatic carbocycles. The van der Waals surface area contributed by atoms with Gasteiger partial charge >= 0.3 is 5.97 Å². The Morgan fingerprint density at radius 2 is 1.82 bits per heavy atom. The first-order valence-corrected chi connectivity index (χ1v) is 9.36. The van der Waals surface area contributed by atoms with Gasteiger partial charge in [0.25, 0.3) is 0 Å². The van der Waals surface area contributed by atoms with Gasteiger partial charge < -0.3 is 15.0 Å². The van der Waals surface area contributed by atoms with E-state index in [-0.39, 0.29) is 0 Å². The summed E-state index contributed by atoms with van der Waals surface area (Å²) in [5.41, 5.74) is 5.46. The number of nitrogens with one attached hydrogen (secondary N) is 1. The second-order valence-corrected chi connectivity index (χ2v) is 7.09. The molecule has 4 nitrogen and oxygen atoms in total. The minimum Gasteiger partial charge on any atom is -0.465 e. The molecule has 0 heterocycles. The van der Waals surface area contributed by atoms with Gasteiger partial charge in [-0.3, -0.25) is 0 Å². The van der Waals surface area contributed by atoms with Crippen molar-refractivity contribution in [2.45, 2.75) is 13.5 Å². The lowest BCUT2D eigenvalue weighted by molar-refractivity contribution is 0.0602. The van der Waals surface area contributed by atoms with Crippen LogP contribution in [0.4, 0.5) is 17.1 Å². The second kappa shape index (κ2) is 8.81. The van der Waals surface area contributed by atoms with Crippen molar-refractivity contribution in [3.8, 4) is 0 Å². The summed E-state index contributed by atoms with van der Waals surface area (Å²) in [7, 11) is 3.43. The molecule has 0 aliphatic heterocycles. The van der Waals surface area contributed by atoms with Crippen molar-refractivity contribution in [2.24, 2.45) is 0 Å². The maximum absolute atomic E-state index is 12.1. The van der Waals surface area contributed by atoms with Crippen LogP contribution >= 0.6 is 11.6 Å². The molecule has 1 N–H and O–H groups in total. The molecule has 0 aliphatic rings. The summed E-state index contributed by atoms with van der Waals surface area (Å²) in [6, 6.07) is 21.6. The first-order chi connectivity index (χ1) is 13.5. The standard InChI is InChI=1S/C23H23ClN2O2/c1-16-9-11-19(14-22(16)26(2)15-17-7-5-4-6-8-17)25-21-12-10-18(24)13-20(21)23(27)28-3/h4-14,25H,15H2,1-3H3. The summed E-state index contributed by atoms with van der Waals surface area (Å²) in [5, 5.41) is 3.80. The van der Waals surface area contributed by atoms with Crippen molar-refractivity contribution < 1.29 is 9.53 Å². The van der Waals surface area contributed by atoms with E-state index in [1.165, 1.54) is 18.2 Å². The molecule has 0 fully saturated rings. The Kier molecular flexibility index (Phi) is 6.22. The monoisotopic (exact) mass is 394 g/mol.